The van der Waals surface area contributed by atoms with Crippen molar-refractivity contribution >= 4 is 11.9 Å². The third kappa shape index (κ3) is 66.1. The number of hydrogen-bond donors (Lipinski definition) is 1. The van der Waals surface area contributed by atoms with Crippen molar-refractivity contribution in [3.8, 4) is 0 Å². The Kier molecular flexibility index (Phi) is 66.8. The Bertz CT molecular complexity index is 1330. The molecule has 456 valence electrons. The van der Waals surface area contributed by atoms with Crippen LogP contribution >= 0.6 is 0 Å². The quantitative estimate of drug-likeness (QED) is 0.0373. The molecular weight excluding hydrogens is 957 g/mol. The highest BCUT2D eigenvalue weighted by molar-refractivity contribution is 5.70. The predicted octanol–water partition coefficient (Wildman–Crippen LogP) is 24.1. The second kappa shape index (κ2) is 68.9. The minimum Gasteiger partial charge on any atom is -0.462 e. The number of carbonyl (C=O) groups is 2. The molecule has 0 saturated carbocycles. The highest BCUT2D eigenvalue weighted by Gasteiger charge is 2.16. The first kappa shape index (κ1) is 75.6. The molecule has 0 bridgehead atoms. The summed E-state index contributed by atoms with van der Waals surface area (Å²) < 4.78 is 10.8. The summed E-state index contributed by atoms with van der Waals surface area (Å²) in [4.78, 5) is 24.6. The van der Waals surface area contributed by atoms with E-state index in [0.717, 1.165) is 57.8 Å². The minimum atomic E-state index is -0.773. The van der Waals surface area contributed by atoms with E-state index < -0.39 is 6.10 Å². The van der Waals surface area contributed by atoms with Crippen LogP contribution in [-0.2, 0) is 19.1 Å². The molecule has 1 N–H and O–H groups in total. The van der Waals surface area contributed by atoms with Gasteiger partial charge in [-0.3, -0.25) is 9.59 Å². The van der Waals surface area contributed by atoms with Crippen molar-refractivity contribution < 1.29 is 24.2 Å². The van der Waals surface area contributed by atoms with Crippen molar-refractivity contribution in [1.29, 1.82) is 0 Å². The summed E-state index contributed by atoms with van der Waals surface area (Å²) in [6.45, 7) is 4.17. The van der Waals surface area contributed by atoms with Crippen LogP contribution in [-0.4, -0.2) is 36.4 Å². The third-order valence-corrected chi connectivity index (χ3v) is 15.8. The number of ether oxygens (including phenoxy) is 2. The Morgan fingerprint density at radius 3 is 0.769 bits per heavy atom. The molecule has 0 aromatic carbocycles. The summed E-state index contributed by atoms with van der Waals surface area (Å²) in [6.07, 6.45) is 94.0. The van der Waals surface area contributed by atoms with E-state index in [2.05, 4.69) is 74.6 Å². The summed E-state index contributed by atoms with van der Waals surface area (Å²) in [5.74, 6) is -0.571. The van der Waals surface area contributed by atoms with Crippen LogP contribution in [0.1, 0.15) is 373 Å². The Morgan fingerprint density at radius 2 is 0.513 bits per heavy atom. The van der Waals surface area contributed by atoms with Crippen LogP contribution in [0.2, 0.25) is 0 Å². The van der Waals surface area contributed by atoms with Gasteiger partial charge in [-0.15, -0.1) is 0 Å². The zero-order valence-electron chi connectivity index (χ0n) is 52.4. The molecule has 0 aliphatic rings. The van der Waals surface area contributed by atoms with Crippen LogP contribution in [0.15, 0.2) is 60.8 Å². The lowest BCUT2D eigenvalue weighted by Gasteiger charge is -2.15. The lowest BCUT2D eigenvalue weighted by atomic mass is 10.0. The van der Waals surface area contributed by atoms with Crippen molar-refractivity contribution in [2.75, 3.05) is 13.2 Å². The summed E-state index contributed by atoms with van der Waals surface area (Å²) in [5.41, 5.74) is 0. The van der Waals surface area contributed by atoms with Crippen molar-refractivity contribution in [3.63, 3.8) is 0 Å². The second-order valence-corrected chi connectivity index (χ2v) is 23.6. The molecule has 0 spiro atoms. The maximum absolute atomic E-state index is 12.4. The fourth-order valence-corrected chi connectivity index (χ4v) is 10.5. The van der Waals surface area contributed by atoms with Gasteiger partial charge in [-0.2, -0.15) is 0 Å². The van der Waals surface area contributed by atoms with Crippen LogP contribution < -0.4 is 0 Å². The summed E-state index contributed by atoms with van der Waals surface area (Å²) >= 11 is 0. The number of rotatable bonds is 65. The van der Waals surface area contributed by atoms with E-state index in [1.807, 2.05) is 0 Å². The minimum absolute atomic E-state index is 0.0620. The Balaban J connectivity index is 3.41. The first-order valence-electron chi connectivity index (χ1n) is 34.8. The van der Waals surface area contributed by atoms with E-state index in [1.165, 1.54) is 289 Å². The first-order valence-corrected chi connectivity index (χ1v) is 34.8. The molecule has 0 aromatic heterocycles. The Morgan fingerprint density at radius 1 is 0.295 bits per heavy atom. The number of carbonyl (C=O) groups excluding carboxylic acids is 2. The van der Waals surface area contributed by atoms with Gasteiger partial charge >= 0.3 is 11.9 Å². The third-order valence-electron chi connectivity index (χ3n) is 15.8. The first-order chi connectivity index (χ1) is 38.6. The van der Waals surface area contributed by atoms with Gasteiger partial charge in [-0.25, -0.2) is 0 Å². The lowest BCUT2D eigenvalue weighted by molar-refractivity contribution is -0.161. The number of aliphatic hydroxyl groups excluding tert-OH is 1. The number of esters is 2. The van der Waals surface area contributed by atoms with Gasteiger partial charge in [0.1, 0.15) is 6.61 Å². The van der Waals surface area contributed by atoms with Gasteiger partial charge in [-0.05, 0) is 83.5 Å². The van der Waals surface area contributed by atoms with E-state index in [4.69, 9.17) is 9.47 Å². The number of hydrogen-bond acceptors (Lipinski definition) is 5. The van der Waals surface area contributed by atoms with E-state index >= 15 is 0 Å². The average molecular weight is 1090 g/mol. The highest BCUT2D eigenvalue weighted by Crippen LogP contribution is 2.18. The number of aliphatic hydroxyl groups is 1. The highest BCUT2D eigenvalue weighted by atomic mass is 16.6. The molecule has 0 aliphatic carbocycles. The molecule has 1 atom stereocenters. The maximum atomic E-state index is 12.4. The van der Waals surface area contributed by atoms with E-state index in [1.54, 1.807) is 0 Å². The monoisotopic (exact) mass is 1090 g/mol. The van der Waals surface area contributed by atoms with Crippen LogP contribution in [0.25, 0.3) is 0 Å². The van der Waals surface area contributed by atoms with Crippen molar-refractivity contribution in [2.24, 2.45) is 0 Å². The average Bonchev–Trinajstić information content (AvgIpc) is 3.44. The van der Waals surface area contributed by atoms with Gasteiger partial charge < -0.3 is 14.6 Å². The largest absolute Gasteiger partial charge is 0.462 e. The molecule has 5 nitrogen and oxygen atoms in total. The van der Waals surface area contributed by atoms with Crippen LogP contribution in [0.4, 0.5) is 0 Å². The molecule has 0 rings (SSSR count). The molecule has 1 unspecified atom stereocenters. The fourth-order valence-electron chi connectivity index (χ4n) is 10.5. The molecule has 0 radical (unpaired) electrons. The van der Waals surface area contributed by atoms with Crippen LogP contribution in [0, 0.1) is 0 Å². The summed E-state index contributed by atoms with van der Waals surface area (Å²) in [6, 6.07) is 0. The number of unbranched alkanes of at least 4 members (excludes halogenated alkanes) is 47. The molecule has 0 amide bonds. The van der Waals surface area contributed by atoms with Gasteiger partial charge in [0.05, 0.1) is 6.61 Å². The van der Waals surface area contributed by atoms with Gasteiger partial charge in [0.15, 0.2) is 6.10 Å². The zero-order valence-corrected chi connectivity index (χ0v) is 52.4. The normalized spacial score (nSPS) is 12.5. The molecule has 0 aliphatic heterocycles. The van der Waals surface area contributed by atoms with Crippen LogP contribution in [0.5, 0.6) is 0 Å². The van der Waals surface area contributed by atoms with Crippen molar-refractivity contribution in [2.45, 2.75) is 380 Å². The summed E-state index contributed by atoms with van der Waals surface area (Å²) in [5, 5.41) is 9.70. The summed E-state index contributed by atoms with van der Waals surface area (Å²) in [7, 11) is 0. The Hall–Kier alpha value is -2.40. The van der Waals surface area contributed by atoms with Crippen LogP contribution in [0.3, 0.4) is 0 Å². The molecule has 5 heteroatoms. The number of allylic oxidation sites excluding steroid dienone is 10. The SMILES string of the molecule is CCCCCCC/C=C\C/C=C\C/C=C\CCCCCCCCCCCCCCCCCCC(=O)OC(CO)COC(=O)CCCCCCCCCCCCCCCCCCCCCCC/C=C\C/C=C\CCCCCCC. The molecule has 0 fully saturated rings. The van der Waals surface area contributed by atoms with Gasteiger partial charge in [0, 0.05) is 12.8 Å². The van der Waals surface area contributed by atoms with Gasteiger partial charge in [0.25, 0.3) is 0 Å². The van der Waals surface area contributed by atoms with Gasteiger partial charge in [0.2, 0.25) is 0 Å². The maximum Gasteiger partial charge on any atom is 0.306 e. The molecule has 0 aromatic rings. The molecule has 0 saturated heterocycles. The zero-order chi connectivity index (χ0) is 56.2. The smallest absolute Gasteiger partial charge is 0.306 e. The standard InChI is InChI=1S/C73H134O5/c1-3-5-7-9-11-13-15-17-19-21-23-25-27-29-31-33-35-36-38-39-41-43-45-47-49-51-53-55-57-59-61-63-65-67-72(75)77-70-71(69-74)78-73(76)68-66-64-62-60-58-56-54-52-50-48-46-44-42-40-37-34-32-30-28-26-24-22-20-18-16-14-12-10-8-6-4-2/h15-18,21-24,28,30,71,74H,3-14,19-20,25-27,29,31-70H2,1-2H3/b17-15-,18-16-,23-21-,24-22-,30-28-. The molecule has 78 heavy (non-hydrogen) atoms. The van der Waals surface area contributed by atoms with Crippen molar-refractivity contribution in [1.82, 2.24) is 0 Å². The predicted molar refractivity (Wildman–Crippen MR) is 344 cm³/mol. The molecule has 0 heterocycles. The van der Waals surface area contributed by atoms with E-state index in [-0.39, 0.29) is 25.2 Å². The van der Waals surface area contributed by atoms with E-state index in [9.17, 15) is 14.7 Å². The molecular formula is C73H134O5. The lowest BCUT2D eigenvalue weighted by Crippen LogP contribution is -2.28. The fraction of sp³-hybridized carbons (Fsp3) is 0.836. The van der Waals surface area contributed by atoms with Gasteiger partial charge in [-0.1, -0.05) is 338 Å². The second-order valence-electron chi connectivity index (χ2n) is 23.6. The topological polar surface area (TPSA) is 72.8 Å². The van der Waals surface area contributed by atoms with E-state index in [0.29, 0.717) is 12.8 Å². The Labute approximate surface area is 487 Å². The van der Waals surface area contributed by atoms with Crippen molar-refractivity contribution in [3.05, 3.63) is 60.8 Å².